The number of halogens is 1. The maximum absolute atomic E-state index is 14.0. The first-order chi connectivity index (χ1) is 9.96. The summed E-state index contributed by atoms with van der Waals surface area (Å²) in [7, 11) is 0. The van der Waals surface area contributed by atoms with Crippen molar-refractivity contribution in [3.63, 3.8) is 0 Å². The van der Waals surface area contributed by atoms with Gasteiger partial charge in [-0.3, -0.25) is 4.68 Å². The van der Waals surface area contributed by atoms with Crippen LogP contribution in [0.4, 0.5) is 4.39 Å². The first kappa shape index (κ1) is 18.2. The van der Waals surface area contributed by atoms with Gasteiger partial charge in [0.2, 0.25) is 0 Å². The first-order valence-corrected chi connectivity index (χ1v) is 8.68. The van der Waals surface area contributed by atoms with Crippen molar-refractivity contribution in [3.8, 4) is 0 Å². The highest BCUT2D eigenvalue weighted by Crippen LogP contribution is 2.32. The highest BCUT2D eigenvalue weighted by molar-refractivity contribution is 5.13. The quantitative estimate of drug-likeness (QED) is 0.491. The second-order valence-electron chi connectivity index (χ2n) is 6.66. The minimum absolute atomic E-state index is 0.0403. The average Bonchev–Trinajstić information content (AvgIpc) is 2.73. The maximum atomic E-state index is 14.0. The van der Waals surface area contributed by atoms with Crippen LogP contribution in [0.1, 0.15) is 89.9 Å². The number of rotatable bonds is 10. The van der Waals surface area contributed by atoms with Crippen molar-refractivity contribution in [1.29, 1.82) is 0 Å². The summed E-state index contributed by atoms with van der Waals surface area (Å²) in [6.45, 7) is 10.3. The molecule has 0 aliphatic heterocycles. The molecular weight excluding hydrogens is 263 g/mol. The molecule has 0 aromatic carbocycles. The highest BCUT2D eigenvalue weighted by atomic mass is 19.1. The molecule has 0 aliphatic rings. The van der Waals surface area contributed by atoms with Gasteiger partial charge in [0.15, 0.2) is 5.82 Å². The molecule has 2 nitrogen and oxygen atoms in total. The normalized spacial score (nSPS) is 14.4. The molecule has 1 unspecified atom stereocenters. The lowest BCUT2D eigenvalue weighted by atomic mass is 9.88. The molecule has 1 heterocycles. The molecule has 0 radical (unpaired) electrons. The van der Waals surface area contributed by atoms with Gasteiger partial charge in [-0.1, -0.05) is 58.8 Å². The van der Waals surface area contributed by atoms with Crippen LogP contribution in [0, 0.1) is 19.7 Å². The van der Waals surface area contributed by atoms with Gasteiger partial charge in [-0.2, -0.15) is 5.10 Å². The Balaban J connectivity index is 2.79. The van der Waals surface area contributed by atoms with Crippen molar-refractivity contribution in [3.05, 3.63) is 17.2 Å². The maximum Gasteiger partial charge on any atom is 0.166 e. The second kappa shape index (κ2) is 8.55. The van der Waals surface area contributed by atoms with Crippen LogP contribution in [0.2, 0.25) is 0 Å². The van der Waals surface area contributed by atoms with Crippen molar-refractivity contribution < 1.29 is 4.39 Å². The smallest absolute Gasteiger partial charge is 0.166 e. The zero-order chi connectivity index (χ0) is 15.9. The lowest BCUT2D eigenvalue weighted by molar-refractivity contribution is 0.223. The minimum atomic E-state index is -0.135. The lowest BCUT2D eigenvalue weighted by Crippen LogP contribution is -2.32. The summed E-state index contributed by atoms with van der Waals surface area (Å²) in [5.41, 5.74) is 1.18. The third-order valence-electron chi connectivity index (χ3n) is 4.60. The Hall–Kier alpha value is -0.860. The molecular formula is C18H33FN2. The third kappa shape index (κ3) is 4.82. The molecule has 1 atom stereocenters. The Morgan fingerprint density at radius 2 is 1.52 bits per heavy atom. The molecule has 0 spiro atoms. The van der Waals surface area contributed by atoms with Gasteiger partial charge in [-0.25, -0.2) is 4.39 Å². The van der Waals surface area contributed by atoms with Crippen LogP contribution in [0.25, 0.3) is 0 Å². The van der Waals surface area contributed by atoms with E-state index in [2.05, 4.69) is 25.9 Å². The predicted molar refractivity (Wildman–Crippen MR) is 88.2 cm³/mol. The summed E-state index contributed by atoms with van der Waals surface area (Å²) in [6, 6.07) is 0. The van der Waals surface area contributed by atoms with Gasteiger partial charge >= 0.3 is 0 Å². The van der Waals surface area contributed by atoms with Crippen molar-refractivity contribution in [1.82, 2.24) is 9.78 Å². The van der Waals surface area contributed by atoms with Crippen LogP contribution in [0.15, 0.2) is 0 Å². The molecule has 1 aromatic heterocycles. The molecule has 0 bridgehead atoms. The largest absolute Gasteiger partial charge is 0.261 e. The molecule has 0 amide bonds. The molecule has 3 heteroatoms. The third-order valence-corrected chi connectivity index (χ3v) is 4.60. The monoisotopic (exact) mass is 296 g/mol. The number of hydrogen-bond donors (Lipinski definition) is 0. The van der Waals surface area contributed by atoms with Crippen LogP contribution < -0.4 is 0 Å². The molecule has 1 rings (SSSR count). The van der Waals surface area contributed by atoms with Crippen LogP contribution in [0.3, 0.4) is 0 Å². The summed E-state index contributed by atoms with van der Waals surface area (Å²) in [5, 5.41) is 4.49. The highest BCUT2D eigenvalue weighted by Gasteiger charge is 2.29. The Bertz CT molecular complexity index is 425. The summed E-state index contributed by atoms with van der Waals surface area (Å²) >= 11 is 0. The van der Waals surface area contributed by atoms with E-state index in [1.54, 1.807) is 6.92 Å². The van der Waals surface area contributed by atoms with Gasteiger partial charge in [0.05, 0.1) is 16.9 Å². The molecule has 122 valence electrons. The van der Waals surface area contributed by atoms with E-state index in [1.807, 2.05) is 11.6 Å². The van der Waals surface area contributed by atoms with E-state index < -0.39 is 0 Å². The van der Waals surface area contributed by atoms with Gasteiger partial charge in [0.1, 0.15) is 0 Å². The molecule has 0 saturated heterocycles. The first-order valence-electron chi connectivity index (χ1n) is 8.68. The zero-order valence-electron chi connectivity index (χ0n) is 14.6. The van der Waals surface area contributed by atoms with E-state index >= 15 is 0 Å². The Kier molecular flexibility index (Phi) is 7.41. The van der Waals surface area contributed by atoms with Crippen molar-refractivity contribution in [2.75, 3.05) is 0 Å². The van der Waals surface area contributed by atoms with Crippen molar-refractivity contribution >= 4 is 0 Å². The van der Waals surface area contributed by atoms with Crippen LogP contribution in [-0.2, 0) is 5.54 Å². The number of nitrogens with zero attached hydrogens (tertiary/aromatic N) is 2. The van der Waals surface area contributed by atoms with Crippen molar-refractivity contribution in [2.45, 2.75) is 97.9 Å². The van der Waals surface area contributed by atoms with E-state index in [4.69, 9.17) is 0 Å². The fourth-order valence-corrected chi connectivity index (χ4v) is 3.15. The van der Waals surface area contributed by atoms with E-state index in [0.717, 1.165) is 12.8 Å². The fourth-order valence-electron chi connectivity index (χ4n) is 3.15. The predicted octanol–water partition coefficient (Wildman–Crippen LogP) is 5.90. The van der Waals surface area contributed by atoms with Gasteiger partial charge < -0.3 is 0 Å². The van der Waals surface area contributed by atoms with Crippen LogP contribution in [0.5, 0.6) is 0 Å². The van der Waals surface area contributed by atoms with Gasteiger partial charge in [0.25, 0.3) is 0 Å². The van der Waals surface area contributed by atoms with E-state index in [0.29, 0.717) is 11.4 Å². The van der Waals surface area contributed by atoms with Gasteiger partial charge in [0, 0.05) is 0 Å². The topological polar surface area (TPSA) is 17.8 Å². The molecule has 1 aromatic rings. The van der Waals surface area contributed by atoms with Crippen LogP contribution >= 0.6 is 0 Å². The standard InChI is InChI=1S/C18H33FN2/c1-6-8-10-11-12-14-18(5,13-9-7-2)21-16(4)17(19)15(3)20-21/h6-14H2,1-5H3. The molecule has 0 aliphatic carbocycles. The average molecular weight is 296 g/mol. The van der Waals surface area contributed by atoms with Gasteiger partial charge in [-0.15, -0.1) is 0 Å². The Morgan fingerprint density at radius 3 is 2.05 bits per heavy atom. The Labute approximate surface area is 130 Å². The van der Waals surface area contributed by atoms with E-state index in [9.17, 15) is 4.39 Å². The van der Waals surface area contributed by atoms with Crippen LogP contribution in [-0.4, -0.2) is 9.78 Å². The van der Waals surface area contributed by atoms with Crippen molar-refractivity contribution in [2.24, 2.45) is 0 Å². The zero-order valence-corrected chi connectivity index (χ0v) is 14.6. The molecule has 0 saturated carbocycles. The summed E-state index contributed by atoms with van der Waals surface area (Å²) in [5.74, 6) is -0.135. The molecule has 0 N–H and O–H groups in total. The number of aromatic nitrogens is 2. The fraction of sp³-hybridized carbons (Fsp3) is 0.833. The molecule has 21 heavy (non-hydrogen) atoms. The minimum Gasteiger partial charge on any atom is -0.261 e. The molecule has 0 fully saturated rings. The number of hydrogen-bond acceptors (Lipinski definition) is 1. The number of aryl methyl sites for hydroxylation is 1. The SMILES string of the molecule is CCCCCCCC(C)(CCCC)n1nc(C)c(F)c1C. The summed E-state index contributed by atoms with van der Waals surface area (Å²) < 4.78 is 16.0. The number of unbranched alkanes of at least 4 members (excludes halogenated alkanes) is 5. The van der Waals surface area contributed by atoms with E-state index in [-0.39, 0.29) is 11.4 Å². The summed E-state index contributed by atoms with van der Waals surface area (Å²) in [4.78, 5) is 0. The summed E-state index contributed by atoms with van der Waals surface area (Å²) in [6.07, 6.45) is 10.9. The van der Waals surface area contributed by atoms with Gasteiger partial charge in [-0.05, 0) is 33.6 Å². The lowest BCUT2D eigenvalue weighted by Gasteiger charge is -2.32. The van der Waals surface area contributed by atoms with E-state index in [1.165, 1.54) is 44.9 Å². The second-order valence-corrected chi connectivity index (χ2v) is 6.66. The Morgan fingerprint density at radius 1 is 0.952 bits per heavy atom.